The highest BCUT2D eigenvalue weighted by atomic mass is 35.5. The highest BCUT2D eigenvalue weighted by Crippen LogP contribution is 2.26. The first-order valence-corrected chi connectivity index (χ1v) is 8.87. The number of anilines is 1. The van der Waals surface area contributed by atoms with Crippen molar-refractivity contribution < 1.29 is 17.9 Å². The predicted octanol–water partition coefficient (Wildman–Crippen LogP) is 2.57. The fourth-order valence-electron chi connectivity index (χ4n) is 1.94. The Morgan fingerprint density at radius 1 is 1.17 bits per heavy atom. The van der Waals surface area contributed by atoms with Crippen molar-refractivity contribution in [2.75, 3.05) is 19.0 Å². The maximum absolute atomic E-state index is 12.3. The maximum atomic E-state index is 12.3. The summed E-state index contributed by atoms with van der Waals surface area (Å²) in [5, 5.41) is 2.86. The SMILES string of the molecule is COc1ccc(Cl)cc1S(=O)(=O)NCC(=O)Nc1ccc(C)cc1. The summed E-state index contributed by atoms with van der Waals surface area (Å²) in [5.74, 6) is -0.339. The van der Waals surface area contributed by atoms with Gasteiger partial charge < -0.3 is 10.1 Å². The van der Waals surface area contributed by atoms with E-state index in [1.165, 1.54) is 25.3 Å². The second-order valence-electron chi connectivity index (χ2n) is 5.03. The van der Waals surface area contributed by atoms with Gasteiger partial charge in [-0.15, -0.1) is 0 Å². The van der Waals surface area contributed by atoms with Crippen molar-refractivity contribution in [2.45, 2.75) is 11.8 Å². The Hall–Kier alpha value is -2.09. The van der Waals surface area contributed by atoms with Crippen LogP contribution in [0.2, 0.25) is 5.02 Å². The molecule has 2 aromatic rings. The number of hydrogen-bond donors (Lipinski definition) is 2. The largest absolute Gasteiger partial charge is 0.495 e. The highest BCUT2D eigenvalue weighted by Gasteiger charge is 2.20. The van der Waals surface area contributed by atoms with Gasteiger partial charge in [0.15, 0.2) is 0 Å². The zero-order chi connectivity index (χ0) is 17.7. The third-order valence-electron chi connectivity index (χ3n) is 3.17. The summed E-state index contributed by atoms with van der Waals surface area (Å²) in [6, 6.07) is 11.4. The number of carbonyl (C=O) groups excluding carboxylic acids is 1. The average Bonchev–Trinajstić information content (AvgIpc) is 2.55. The van der Waals surface area contributed by atoms with Crippen LogP contribution < -0.4 is 14.8 Å². The van der Waals surface area contributed by atoms with Crippen molar-refractivity contribution in [3.8, 4) is 5.75 Å². The molecule has 0 aromatic heterocycles. The summed E-state index contributed by atoms with van der Waals surface area (Å²) in [6.45, 7) is 1.52. The van der Waals surface area contributed by atoms with Gasteiger partial charge in [-0.25, -0.2) is 13.1 Å². The Labute approximate surface area is 145 Å². The molecule has 0 spiro atoms. The highest BCUT2D eigenvalue weighted by molar-refractivity contribution is 7.89. The molecule has 0 unspecified atom stereocenters. The number of hydrogen-bond acceptors (Lipinski definition) is 4. The van der Waals surface area contributed by atoms with Crippen LogP contribution in [-0.2, 0) is 14.8 Å². The molecule has 0 aliphatic heterocycles. The van der Waals surface area contributed by atoms with E-state index in [4.69, 9.17) is 16.3 Å². The minimum Gasteiger partial charge on any atom is -0.495 e. The van der Waals surface area contributed by atoms with Gasteiger partial charge in [-0.2, -0.15) is 0 Å². The quantitative estimate of drug-likeness (QED) is 0.820. The lowest BCUT2D eigenvalue weighted by molar-refractivity contribution is -0.115. The third kappa shape index (κ3) is 4.70. The lowest BCUT2D eigenvalue weighted by atomic mass is 10.2. The molecule has 0 bridgehead atoms. The van der Waals surface area contributed by atoms with E-state index in [0.29, 0.717) is 5.69 Å². The number of methoxy groups -OCH3 is 1. The number of carbonyl (C=O) groups is 1. The molecule has 24 heavy (non-hydrogen) atoms. The number of amides is 1. The Balaban J connectivity index is 2.06. The van der Waals surface area contributed by atoms with E-state index in [1.54, 1.807) is 12.1 Å². The molecule has 0 atom stereocenters. The molecule has 0 fully saturated rings. The smallest absolute Gasteiger partial charge is 0.244 e. The van der Waals surface area contributed by atoms with E-state index in [0.717, 1.165) is 5.56 Å². The monoisotopic (exact) mass is 368 g/mol. The zero-order valence-electron chi connectivity index (χ0n) is 13.2. The van der Waals surface area contributed by atoms with E-state index in [2.05, 4.69) is 10.0 Å². The van der Waals surface area contributed by atoms with Crippen LogP contribution in [-0.4, -0.2) is 28.0 Å². The molecule has 2 N–H and O–H groups in total. The number of nitrogens with one attached hydrogen (secondary N) is 2. The number of rotatable bonds is 6. The van der Waals surface area contributed by atoms with Gasteiger partial charge in [0.1, 0.15) is 10.6 Å². The molecule has 0 aliphatic rings. The van der Waals surface area contributed by atoms with Gasteiger partial charge in [0.25, 0.3) is 0 Å². The Morgan fingerprint density at radius 3 is 2.46 bits per heavy atom. The molecule has 0 saturated heterocycles. The van der Waals surface area contributed by atoms with Gasteiger partial charge in [0.05, 0.1) is 13.7 Å². The van der Waals surface area contributed by atoms with E-state index in [9.17, 15) is 13.2 Å². The molecule has 0 saturated carbocycles. The number of sulfonamides is 1. The van der Waals surface area contributed by atoms with Crippen molar-refractivity contribution >= 4 is 33.2 Å². The summed E-state index contributed by atoms with van der Waals surface area (Å²) in [4.78, 5) is 11.8. The van der Waals surface area contributed by atoms with Crippen LogP contribution in [0.1, 0.15) is 5.56 Å². The van der Waals surface area contributed by atoms with Crippen LogP contribution in [0.25, 0.3) is 0 Å². The molecule has 8 heteroatoms. The number of ether oxygens (including phenoxy) is 1. The van der Waals surface area contributed by atoms with Crippen LogP contribution in [0, 0.1) is 6.92 Å². The van der Waals surface area contributed by atoms with Crippen LogP contribution in [0.15, 0.2) is 47.4 Å². The third-order valence-corrected chi connectivity index (χ3v) is 4.83. The van der Waals surface area contributed by atoms with E-state index < -0.39 is 22.5 Å². The predicted molar refractivity (Wildman–Crippen MR) is 93.0 cm³/mol. The molecule has 128 valence electrons. The minimum absolute atomic E-state index is 0.124. The summed E-state index contributed by atoms with van der Waals surface area (Å²) in [6.07, 6.45) is 0. The molecule has 2 rings (SSSR count). The van der Waals surface area contributed by atoms with Gasteiger partial charge in [0.2, 0.25) is 15.9 Å². The summed E-state index contributed by atoms with van der Waals surface area (Å²) in [5.41, 5.74) is 1.65. The van der Waals surface area contributed by atoms with Crippen molar-refractivity contribution in [1.29, 1.82) is 0 Å². The average molecular weight is 369 g/mol. The normalized spacial score (nSPS) is 11.1. The van der Waals surface area contributed by atoms with Gasteiger partial charge in [-0.1, -0.05) is 29.3 Å². The second-order valence-corrected chi connectivity index (χ2v) is 7.21. The minimum atomic E-state index is -3.94. The van der Waals surface area contributed by atoms with Crippen molar-refractivity contribution in [3.05, 3.63) is 53.1 Å². The van der Waals surface area contributed by atoms with Gasteiger partial charge >= 0.3 is 0 Å². The van der Waals surface area contributed by atoms with Gasteiger partial charge in [-0.3, -0.25) is 4.79 Å². The van der Waals surface area contributed by atoms with Crippen molar-refractivity contribution in [3.63, 3.8) is 0 Å². The first-order chi connectivity index (χ1) is 11.3. The fraction of sp³-hybridized carbons (Fsp3) is 0.188. The Morgan fingerprint density at radius 2 is 1.83 bits per heavy atom. The first-order valence-electron chi connectivity index (χ1n) is 7.01. The van der Waals surface area contributed by atoms with Crippen molar-refractivity contribution in [2.24, 2.45) is 0 Å². The maximum Gasteiger partial charge on any atom is 0.244 e. The van der Waals surface area contributed by atoms with Crippen molar-refractivity contribution in [1.82, 2.24) is 4.72 Å². The van der Waals surface area contributed by atoms with E-state index >= 15 is 0 Å². The number of halogens is 1. The lowest BCUT2D eigenvalue weighted by Gasteiger charge is -2.11. The lowest BCUT2D eigenvalue weighted by Crippen LogP contribution is -2.33. The van der Waals surface area contributed by atoms with Crippen LogP contribution >= 0.6 is 11.6 Å². The molecular formula is C16H17ClN2O4S. The molecule has 2 aromatic carbocycles. The fourth-order valence-corrected chi connectivity index (χ4v) is 3.35. The van der Waals surface area contributed by atoms with Crippen LogP contribution in [0.4, 0.5) is 5.69 Å². The Bertz CT molecular complexity index is 836. The summed E-state index contributed by atoms with van der Waals surface area (Å²) in [7, 11) is -2.59. The molecule has 0 radical (unpaired) electrons. The number of benzene rings is 2. The van der Waals surface area contributed by atoms with E-state index in [-0.39, 0.29) is 15.7 Å². The first kappa shape index (κ1) is 18.3. The summed E-state index contributed by atoms with van der Waals surface area (Å²) >= 11 is 5.84. The molecule has 0 heterocycles. The summed E-state index contributed by atoms with van der Waals surface area (Å²) < 4.78 is 31.9. The number of aryl methyl sites for hydroxylation is 1. The zero-order valence-corrected chi connectivity index (χ0v) is 14.7. The van der Waals surface area contributed by atoms with Gasteiger partial charge in [0, 0.05) is 10.7 Å². The van der Waals surface area contributed by atoms with Crippen LogP contribution in [0.3, 0.4) is 0 Å². The molecular weight excluding hydrogens is 352 g/mol. The molecule has 6 nitrogen and oxygen atoms in total. The Kier molecular flexibility index (Phi) is 5.82. The topological polar surface area (TPSA) is 84.5 Å². The van der Waals surface area contributed by atoms with E-state index in [1.807, 2.05) is 19.1 Å². The van der Waals surface area contributed by atoms with Gasteiger partial charge in [-0.05, 0) is 37.3 Å². The standard InChI is InChI=1S/C16H17ClN2O4S/c1-11-3-6-13(7-4-11)19-16(20)10-18-24(21,22)15-9-12(17)5-8-14(15)23-2/h3-9,18H,10H2,1-2H3,(H,19,20). The van der Waals surface area contributed by atoms with Crippen LogP contribution in [0.5, 0.6) is 5.75 Å². The molecule has 0 aliphatic carbocycles. The molecule has 1 amide bonds. The second kappa shape index (κ2) is 7.65.